The van der Waals surface area contributed by atoms with Crippen molar-refractivity contribution in [2.45, 2.75) is 24.8 Å². The third-order valence-corrected chi connectivity index (χ3v) is 3.69. The van der Waals surface area contributed by atoms with Crippen LogP contribution >= 0.6 is 27.5 Å². The van der Waals surface area contributed by atoms with Gasteiger partial charge < -0.3 is 9.47 Å². The maximum absolute atomic E-state index is 5.89. The molecule has 0 aromatic heterocycles. The van der Waals surface area contributed by atoms with E-state index in [-0.39, 0.29) is 6.10 Å². The summed E-state index contributed by atoms with van der Waals surface area (Å²) in [6.45, 7) is 1.59. The van der Waals surface area contributed by atoms with Crippen molar-refractivity contribution in [2.24, 2.45) is 0 Å². The molecule has 0 aliphatic carbocycles. The van der Waals surface area contributed by atoms with Crippen molar-refractivity contribution < 1.29 is 9.47 Å². The van der Waals surface area contributed by atoms with Gasteiger partial charge in [-0.15, -0.1) is 11.6 Å². The fraction of sp³-hybridized carbons (Fsp3) is 0.500. The number of hydrogen-bond acceptors (Lipinski definition) is 2. The molecule has 4 heteroatoms. The average molecular weight is 306 g/mol. The minimum absolute atomic E-state index is 0.276. The number of halogens is 2. The smallest absolute Gasteiger partial charge is 0.120 e. The Morgan fingerprint density at radius 2 is 2.12 bits per heavy atom. The molecule has 0 saturated carbocycles. The number of benzene rings is 1. The molecule has 0 spiro atoms. The first-order chi connectivity index (χ1) is 7.79. The summed E-state index contributed by atoms with van der Waals surface area (Å²) in [5.41, 5.74) is 1.06. The Balaban J connectivity index is 2.03. The molecule has 0 amide bonds. The summed E-state index contributed by atoms with van der Waals surface area (Å²) in [7, 11) is 0. The van der Waals surface area contributed by atoms with Crippen molar-refractivity contribution in [1.82, 2.24) is 0 Å². The third kappa shape index (κ3) is 3.12. The van der Waals surface area contributed by atoms with E-state index in [0.717, 1.165) is 41.8 Å². The molecular weight excluding hydrogens is 291 g/mol. The second-order valence-electron chi connectivity index (χ2n) is 3.82. The van der Waals surface area contributed by atoms with Crippen LogP contribution in [0.1, 0.15) is 18.4 Å². The lowest BCUT2D eigenvalue weighted by molar-refractivity contribution is 0.0255. The molecule has 1 saturated heterocycles. The minimum atomic E-state index is 0.276. The van der Waals surface area contributed by atoms with Crippen molar-refractivity contribution in [1.29, 1.82) is 0 Å². The Bertz CT molecular complexity index is 351. The zero-order chi connectivity index (χ0) is 11.4. The van der Waals surface area contributed by atoms with E-state index in [1.54, 1.807) is 0 Å². The summed E-state index contributed by atoms with van der Waals surface area (Å²) in [6, 6.07) is 5.94. The fourth-order valence-corrected chi connectivity index (χ4v) is 2.48. The van der Waals surface area contributed by atoms with E-state index in [2.05, 4.69) is 15.9 Å². The van der Waals surface area contributed by atoms with E-state index in [4.69, 9.17) is 21.1 Å². The second-order valence-corrected chi connectivity index (χ2v) is 4.94. The summed E-state index contributed by atoms with van der Waals surface area (Å²) in [6.07, 6.45) is 2.21. The van der Waals surface area contributed by atoms with Gasteiger partial charge in [0.05, 0.1) is 13.2 Å². The van der Waals surface area contributed by atoms with Crippen LogP contribution in [0.25, 0.3) is 0 Å². The normalized spacial score (nSPS) is 17.4. The van der Waals surface area contributed by atoms with Gasteiger partial charge in [0.15, 0.2) is 0 Å². The number of hydrogen-bond donors (Lipinski definition) is 0. The minimum Gasteiger partial charge on any atom is -0.490 e. The molecule has 1 heterocycles. The van der Waals surface area contributed by atoms with E-state index in [1.165, 1.54) is 0 Å². The lowest BCUT2D eigenvalue weighted by atomic mass is 10.1. The molecule has 1 aliphatic heterocycles. The van der Waals surface area contributed by atoms with E-state index in [1.807, 2.05) is 18.2 Å². The number of rotatable bonds is 3. The van der Waals surface area contributed by atoms with Gasteiger partial charge in [0, 0.05) is 23.2 Å². The Morgan fingerprint density at radius 1 is 1.38 bits per heavy atom. The molecule has 0 unspecified atom stereocenters. The van der Waals surface area contributed by atoms with Crippen molar-refractivity contribution >= 4 is 27.5 Å². The van der Waals surface area contributed by atoms with Gasteiger partial charge in [-0.3, -0.25) is 0 Å². The van der Waals surface area contributed by atoms with Crippen LogP contribution in [-0.2, 0) is 10.6 Å². The SMILES string of the molecule is ClCc1cc(OC2CCOCC2)ccc1Br. The molecule has 0 radical (unpaired) electrons. The summed E-state index contributed by atoms with van der Waals surface area (Å²) < 4.78 is 12.2. The molecule has 1 aromatic rings. The predicted octanol–water partition coefficient (Wildman–Crippen LogP) is 3.75. The summed E-state index contributed by atoms with van der Waals surface area (Å²) in [4.78, 5) is 0. The first-order valence-corrected chi connectivity index (χ1v) is 6.71. The van der Waals surface area contributed by atoms with Gasteiger partial charge in [0.25, 0.3) is 0 Å². The Morgan fingerprint density at radius 3 is 2.81 bits per heavy atom. The second kappa shape index (κ2) is 5.89. The van der Waals surface area contributed by atoms with Gasteiger partial charge in [-0.05, 0) is 23.8 Å². The van der Waals surface area contributed by atoms with Gasteiger partial charge in [-0.25, -0.2) is 0 Å². The highest BCUT2D eigenvalue weighted by Crippen LogP contribution is 2.25. The Kier molecular flexibility index (Phi) is 4.50. The Hall–Kier alpha value is -0.250. The van der Waals surface area contributed by atoms with Crippen LogP contribution in [0.5, 0.6) is 5.75 Å². The quantitative estimate of drug-likeness (QED) is 0.792. The number of ether oxygens (including phenoxy) is 2. The van der Waals surface area contributed by atoms with Gasteiger partial charge >= 0.3 is 0 Å². The maximum atomic E-state index is 5.89. The molecule has 0 N–H and O–H groups in total. The molecule has 2 rings (SSSR count). The van der Waals surface area contributed by atoms with Crippen LogP contribution in [0.15, 0.2) is 22.7 Å². The summed E-state index contributed by atoms with van der Waals surface area (Å²) in [5, 5.41) is 0. The van der Waals surface area contributed by atoms with Gasteiger partial charge in [-0.1, -0.05) is 15.9 Å². The van der Waals surface area contributed by atoms with Crippen LogP contribution in [-0.4, -0.2) is 19.3 Å². The van der Waals surface area contributed by atoms with E-state index in [9.17, 15) is 0 Å². The van der Waals surface area contributed by atoms with E-state index >= 15 is 0 Å². The van der Waals surface area contributed by atoms with Gasteiger partial charge in [0.2, 0.25) is 0 Å². The summed E-state index contributed by atoms with van der Waals surface area (Å²) >= 11 is 9.30. The lowest BCUT2D eigenvalue weighted by Gasteiger charge is -2.23. The highest BCUT2D eigenvalue weighted by atomic mass is 79.9. The monoisotopic (exact) mass is 304 g/mol. The largest absolute Gasteiger partial charge is 0.490 e. The highest BCUT2D eigenvalue weighted by molar-refractivity contribution is 9.10. The van der Waals surface area contributed by atoms with Crippen LogP contribution in [0.2, 0.25) is 0 Å². The van der Waals surface area contributed by atoms with Gasteiger partial charge in [0.1, 0.15) is 11.9 Å². The molecule has 2 nitrogen and oxygen atoms in total. The van der Waals surface area contributed by atoms with E-state index in [0.29, 0.717) is 5.88 Å². The molecular formula is C12H14BrClO2. The predicted molar refractivity (Wildman–Crippen MR) is 68.2 cm³/mol. The van der Waals surface area contributed by atoms with Crippen LogP contribution < -0.4 is 4.74 Å². The molecule has 1 aromatic carbocycles. The topological polar surface area (TPSA) is 18.5 Å². The van der Waals surface area contributed by atoms with Gasteiger partial charge in [-0.2, -0.15) is 0 Å². The molecule has 0 bridgehead atoms. The zero-order valence-electron chi connectivity index (χ0n) is 8.92. The molecule has 1 fully saturated rings. The first kappa shape index (κ1) is 12.2. The fourth-order valence-electron chi connectivity index (χ4n) is 1.71. The molecule has 1 aliphatic rings. The van der Waals surface area contributed by atoms with Crippen molar-refractivity contribution in [3.8, 4) is 5.75 Å². The summed E-state index contributed by atoms with van der Waals surface area (Å²) in [5.74, 6) is 1.39. The van der Waals surface area contributed by atoms with Crippen LogP contribution in [0.3, 0.4) is 0 Å². The maximum Gasteiger partial charge on any atom is 0.120 e. The van der Waals surface area contributed by atoms with Crippen molar-refractivity contribution in [2.75, 3.05) is 13.2 Å². The zero-order valence-corrected chi connectivity index (χ0v) is 11.3. The molecule has 16 heavy (non-hydrogen) atoms. The third-order valence-electron chi connectivity index (χ3n) is 2.63. The highest BCUT2D eigenvalue weighted by Gasteiger charge is 2.15. The van der Waals surface area contributed by atoms with Crippen LogP contribution in [0, 0.1) is 0 Å². The standard InChI is InChI=1S/C12H14BrClO2/c13-12-2-1-11(7-9(12)8-14)16-10-3-5-15-6-4-10/h1-2,7,10H,3-6,8H2. The molecule has 88 valence electrons. The number of alkyl halides is 1. The van der Waals surface area contributed by atoms with Crippen molar-refractivity contribution in [3.05, 3.63) is 28.2 Å². The van der Waals surface area contributed by atoms with Crippen LogP contribution in [0.4, 0.5) is 0 Å². The average Bonchev–Trinajstić information content (AvgIpc) is 2.33. The Labute approximate surface area is 109 Å². The van der Waals surface area contributed by atoms with Crippen molar-refractivity contribution in [3.63, 3.8) is 0 Å². The molecule has 0 atom stereocenters. The lowest BCUT2D eigenvalue weighted by Crippen LogP contribution is -2.25. The van der Waals surface area contributed by atoms with E-state index < -0.39 is 0 Å². The first-order valence-electron chi connectivity index (χ1n) is 5.38.